The van der Waals surface area contributed by atoms with Gasteiger partial charge in [-0.2, -0.15) is 0 Å². The zero-order chi connectivity index (χ0) is 14.8. The summed E-state index contributed by atoms with van der Waals surface area (Å²) in [4.78, 5) is -2.60. The van der Waals surface area contributed by atoms with Crippen LogP contribution in [0.4, 0.5) is 4.39 Å². The van der Waals surface area contributed by atoms with Crippen LogP contribution >= 0.6 is 19.2 Å². The van der Waals surface area contributed by atoms with E-state index in [9.17, 15) is 8.96 Å². The van der Waals surface area contributed by atoms with Crippen molar-refractivity contribution in [3.63, 3.8) is 0 Å². The molecule has 0 saturated heterocycles. The number of alkyl halides is 2. The molecule has 0 heterocycles. The molecule has 108 valence electrons. The van der Waals surface area contributed by atoms with Gasteiger partial charge in [-0.05, 0) is 16.3 Å². The quantitative estimate of drug-likeness (QED) is 0.591. The van der Waals surface area contributed by atoms with E-state index in [2.05, 4.69) is 9.05 Å². The Balaban J connectivity index is 2.33. The summed E-state index contributed by atoms with van der Waals surface area (Å²) in [5.74, 6) is 0. The first-order valence-corrected chi connectivity index (χ1v) is 7.91. The molecule has 2 aromatic rings. The molecule has 0 fully saturated rings. The monoisotopic (exact) mass is 316 g/mol. The predicted octanol–water partition coefficient (Wildman–Crippen LogP) is 4.73. The van der Waals surface area contributed by atoms with Gasteiger partial charge in [0.1, 0.15) is 0 Å². The van der Waals surface area contributed by atoms with E-state index in [1.807, 2.05) is 36.4 Å². The molecule has 0 amide bonds. The van der Waals surface area contributed by atoms with Crippen molar-refractivity contribution in [2.75, 3.05) is 14.2 Å². The highest BCUT2D eigenvalue weighted by atomic mass is 35.5. The van der Waals surface area contributed by atoms with E-state index in [1.54, 1.807) is 6.07 Å². The summed E-state index contributed by atoms with van der Waals surface area (Å²) < 4.78 is 35.8. The van der Waals surface area contributed by atoms with Crippen LogP contribution in [0.15, 0.2) is 42.5 Å². The maximum Gasteiger partial charge on any atom is 0.382 e. The highest BCUT2D eigenvalue weighted by molar-refractivity contribution is 7.57. The third-order valence-electron chi connectivity index (χ3n) is 3.11. The lowest BCUT2D eigenvalue weighted by Crippen LogP contribution is -2.20. The molecule has 6 heteroatoms. The van der Waals surface area contributed by atoms with Crippen LogP contribution in [0.5, 0.6) is 0 Å². The van der Waals surface area contributed by atoms with Crippen LogP contribution in [-0.2, 0) is 20.0 Å². The summed E-state index contributed by atoms with van der Waals surface area (Å²) in [5.41, 5.74) is 0.621. The van der Waals surface area contributed by atoms with Gasteiger partial charge in [0.25, 0.3) is 4.87 Å². The Bertz CT molecular complexity index is 652. The van der Waals surface area contributed by atoms with Crippen molar-refractivity contribution in [2.24, 2.45) is 0 Å². The second-order valence-corrected chi connectivity index (χ2v) is 7.68. The number of halogens is 2. The molecule has 2 rings (SSSR count). The summed E-state index contributed by atoms with van der Waals surface area (Å²) in [7, 11) is -1.79. The molecule has 3 nitrogen and oxygen atoms in total. The van der Waals surface area contributed by atoms with Gasteiger partial charge in [-0.25, -0.2) is 4.39 Å². The van der Waals surface area contributed by atoms with E-state index in [1.165, 1.54) is 0 Å². The van der Waals surface area contributed by atoms with Gasteiger partial charge in [0.2, 0.25) is 0 Å². The zero-order valence-corrected chi connectivity index (χ0v) is 12.8. The van der Waals surface area contributed by atoms with Crippen molar-refractivity contribution in [2.45, 2.75) is 11.3 Å². The first-order valence-electron chi connectivity index (χ1n) is 5.99. The molecule has 0 aliphatic carbocycles. The Hall–Kier alpha value is -0.930. The number of rotatable bonds is 5. The second-order valence-electron chi connectivity index (χ2n) is 4.39. The molecule has 0 saturated carbocycles. The standard InChI is InChI=1S/C14H15ClFO3P/c1-18-20(17,19-2)14(15,16)10-11-7-8-12-5-3-4-6-13(12)9-11/h3-9H,10H2,1-2H3/t14-/m1/s1. The number of benzene rings is 2. The van der Waals surface area contributed by atoms with E-state index in [-0.39, 0.29) is 6.42 Å². The van der Waals surface area contributed by atoms with E-state index >= 15 is 0 Å². The van der Waals surface area contributed by atoms with Crippen LogP contribution in [-0.4, -0.2) is 19.1 Å². The molecule has 0 aliphatic heterocycles. The molecule has 20 heavy (non-hydrogen) atoms. The van der Waals surface area contributed by atoms with Gasteiger partial charge in [0, 0.05) is 20.6 Å². The lowest BCUT2D eigenvalue weighted by atomic mass is 10.1. The van der Waals surface area contributed by atoms with Crippen molar-refractivity contribution in [1.82, 2.24) is 0 Å². The Morgan fingerprint density at radius 1 is 1.15 bits per heavy atom. The fourth-order valence-electron chi connectivity index (χ4n) is 2.03. The Kier molecular flexibility index (Phi) is 4.50. The molecular formula is C14H15ClFO3P. The fourth-order valence-corrected chi connectivity index (χ4v) is 3.66. The summed E-state index contributed by atoms with van der Waals surface area (Å²) in [5, 5.41) is 2.00. The molecule has 0 aromatic heterocycles. The largest absolute Gasteiger partial charge is 0.382 e. The molecule has 0 aliphatic rings. The van der Waals surface area contributed by atoms with E-state index < -0.39 is 12.5 Å². The first-order chi connectivity index (χ1) is 9.42. The highest BCUT2D eigenvalue weighted by Gasteiger charge is 2.49. The average molecular weight is 317 g/mol. The van der Waals surface area contributed by atoms with Gasteiger partial charge in [-0.3, -0.25) is 4.57 Å². The lowest BCUT2D eigenvalue weighted by Gasteiger charge is -2.25. The predicted molar refractivity (Wildman–Crippen MR) is 79.0 cm³/mol. The third-order valence-corrected chi connectivity index (χ3v) is 5.79. The average Bonchev–Trinajstić information content (AvgIpc) is 2.45. The zero-order valence-electron chi connectivity index (χ0n) is 11.2. The van der Waals surface area contributed by atoms with Crippen LogP contribution in [0.25, 0.3) is 10.8 Å². The highest BCUT2D eigenvalue weighted by Crippen LogP contribution is 2.63. The van der Waals surface area contributed by atoms with Crippen molar-refractivity contribution in [3.05, 3.63) is 48.0 Å². The van der Waals surface area contributed by atoms with Crippen molar-refractivity contribution in [1.29, 1.82) is 0 Å². The van der Waals surface area contributed by atoms with Crippen LogP contribution in [0.2, 0.25) is 0 Å². The summed E-state index contributed by atoms with van der Waals surface area (Å²) in [6.07, 6.45) is -0.266. The molecule has 2 aromatic carbocycles. The van der Waals surface area contributed by atoms with Crippen molar-refractivity contribution >= 4 is 30.0 Å². The SMILES string of the molecule is COP(=O)(OC)[C@@](F)(Cl)Cc1ccc2ccccc2c1. The Labute approximate surface area is 122 Å². The first kappa shape index (κ1) is 15.5. The van der Waals surface area contributed by atoms with Crippen LogP contribution < -0.4 is 0 Å². The normalized spacial score (nSPS) is 15.2. The second kappa shape index (κ2) is 5.82. The molecule has 0 N–H and O–H groups in total. The topological polar surface area (TPSA) is 35.5 Å². The number of hydrogen-bond acceptors (Lipinski definition) is 3. The van der Waals surface area contributed by atoms with Gasteiger partial charge in [-0.15, -0.1) is 0 Å². The van der Waals surface area contributed by atoms with Gasteiger partial charge in [0.05, 0.1) is 0 Å². The van der Waals surface area contributed by atoms with Crippen molar-refractivity contribution in [3.8, 4) is 0 Å². The Morgan fingerprint density at radius 3 is 2.35 bits per heavy atom. The number of fused-ring (bicyclic) bond motifs is 1. The summed E-state index contributed by atoms with van der Waals surface area (Å²) in [6.45, 7) is 0. The van der Waals surface area contributed by atoms with E-state index in [4.69, 9.17) is 11.6 Å². The summed E-state index contributed by atoms with van der Waals surface area (Å²) >= 11 is 5.75. The molecule has 0 unspecified atom stereocenters. The molecule has 0 bridgehead atoms. The minimum atomic E-state index is -4.01. The smallest absolute Gasteiger partial charge is 0.309 e. The molecule has 0 radical (unpaired) electrons. The van der Waals surface area contributed by atoms with Gasteiger partial charge in [0.15, 0.2) is 0 Å². The van der Waals surface area contributed by atoms with Crippen LogP contribution in [0, 0.1) is 0 Å². The minimum absolute atomic E-state index is 0.266. The lowest BCUT2D eigenvalue weighted by molar-refractivity contribution is 0.216. The molecular weight excluding hydrogens is 302 g/mol. The minimum Gasteiger partial charge on any atom is -0.309 e. The van der Waals surface area contributed by atoms with Crippen molar-refractivity contribution < 1.29 is 18.0 Å². The maximum atomic E-state index is 14.5. The van der Waals surface area contributed by atoms with Gasteiger partial charge >= 0.3 is 7.60 Å². The third kappa shape index (κ3) is 2.89. The van der Waals surface area contributed by atoms with Crippen LogP contribution in [0.1, 0.15) is 5.56 Å². The molecule has 0 spiro atoms. The Morgan fingerprint density at radius 2 is 1.75 bits per heavy atom. The van der Waals surface area contributed by atoms with Crippen LogP contribution in [0.3, 0.4) is 0 Å². The maximum absolute atomic E-state index is 14.5. The number of hydrogen-bond donors (Lipinski definition) is 0. The fraction of sp³-hybridized carbons (Fsp3) is 0.286. The van der Waals surface area contributed by atoms with Gasteiger partial charge < -0.3 is 9.05 Å². The summed E-state index contributed by atoms with van der Waals surface area (Å²) in [6, 6.07) is 13.1. The van der Waals surface area contributed by atoms with E-state index in [0.29, 0.717) is 5.56 Å². The van der Waals surface area contributed by atoms with Gasteiger partial charge in [-0.1, -0.05) is 54.1 Å². The van der Waals surface area contributed by atoms with E-state index in [0.717, 1.165) is 25.0 Å². The molecule has 1 atom stereocenters.